The third-order valence-corrected chi connectivity index (χ3v) is 5.69. The highest BCUT2D eigenvalue weighted by Gasteiger charge is 2.40. The first-order valence-electron chi connectivity index (χ1n) is 12.0. The van der Waals surface area contributed by atoms with Gasteiger partial charge in [0.25, 0.3) is 5.91 Å². The minimum atomic E-state index is -0.889. The van der Waals surface area contributed by atoms with Crippen LogP contribution in [0.3, 0.4) is 0 Å². The number of imide groups is 1. The van der Waals surface area contributed by atoms with Gasteiger partial charge in [-0.15, -0.1) is 0 Å². The Morgan fingerprint density at radius 2 is 1.61 bits per heavy atom. The van der Waals surface area contributed by atoms with E-state index in [1.807, 2.05) is 18.2 Å². The molecule has 0 bridgehead atoms. The summed E-state index contributed by atoms with van der Waals surface area (Å²) in [5.41, 5.74) is 2.09. The average molecular weight is 508 g/mol. The third kappa shape index (κ3) is 8.26. The molecule has 1 saturated heterocycles. The Bertz CT molecular complexity index is 924. The summed E-state index contributed by atoms with van der Waals surface area (Å²) in [5.74, 6) is -1.84. The van der Waals surface area contributed by atoms with Gasteiger partial charge in [-0.1, -0.05) is 12.1 Å². The lowest BCUT2D eigenvalue weighted by Crippen LogP contribution is -2.52. The summed E-state index contributed by atoms with van der Waals surface area (Å²) in [4.78, 5) is 48.6. The number of hydrogen-bond donors (Lipinski definition) is 3. The fourth-order valence-electron chi connectivity index (χ4n) is 3.94. The minimum Gasteiger partial charge on any atom is -0.481 e. The second kappa shape index (κ2) is 14.5. The molecule has 1 aromatic rings. The number of nitrogens with zero attached hydrogens (tertiary/aromatic N) is 1. The number of benzene rings is 1. The van der Waals surface area contributed by atoms with Crippen LogP contribution in [0.4, 0.5) is 5.69 Å². The second-order valence-corrected chi connectivity index (χ2v) is 8.26. The van der Waals surface area contributed by atoms with Crippen LogP contribution < -0.4 is 10.6 Å². The van der Waals surface area contributed by atoms with Gasteiger partial charge in [-0.2, -0.15) is 0 Å². The molecule has 2 heterocycles. The molecule has 1 unspecified atom stereocenters. The number of aliphatic carboxylic acids is 1. The molecule has 0 aliphatic carbocycles. The number of rotatable bonds is 17. The highest BCUT2D eigenvalue weighted by Crippen LogP contribution is 2.32. The van der Waals surface area contributed by atoms with Crippen molar-refractivity contribution < 1.29 is 43.2 Å². The number of anilines is 1. The van der Waals surface area contributed by atoms with Crippen molar-refractivity contribution in [1.29, 1.82) is 0 Å². The second-order valence-electron chi connectivity index (χ2n) is 8.26. The van der Waals surface area contributed by atoms with E-state index in [-0.39, 0.29) is 31.3 Å². The highest BCUT2D eigenvalue weighted by atomic mass is 16.6. The zero-order valence-corrected chi connectivity index (χ0v) is 20.2. The predicted octanol–water partition coefficient (Wildman–Crippen LogP) is 0.401. The first-order valence-corrected chi connectivity index (χ1v) is 12.0. The van der Waals surface area contributed by atoms with Crippen LogP contribution in [0.2, 0.25) is 0 Å². The molecular formula is C24H33N3O9. The number of carbonyl (C=O) groups is 4. The van der Waals surface area contributed by atoms with Gasteiger partial charge < -0.3 is 34.3 Å². The molecule has 0 radical (unpaired) electrons. The smallest absolute Gasteiger partial charge is 0.305 e. The largest absolute Gasteiger partial charge is 0.481 e. The van der Waals surface area contributed by atoms with Crippen LogP contribution in [0.5, 0.6) is 0 Å². The summed E-state index contributed by atoms with van der Waals surface area (Å²) < 4.78 is 21.4. The van der Waals surface area contributed by atoms with Gasteiger partial charge in [0.15, 0.2) is 0 Å². The van der Waals surface area contributed by atoms with E-state index in [2.05, 4.69) is 10.6 Å². The maximum absolute atomic E-state index is 13.1. The fourth-order valence-corrected chi connectivity index (χ4v) is 3.94. The number of ether oxygens (including phenoxy) is 4. The normalized spacial score (nSPS) is 17.3. The predicted molar refractivity (Wildman–Crippen MR) is 127 cm³/mol. The first kappa shape index (κ1) is 27.5. The molecular weight excluding hydrogens is 474 g/mol. The lowest BCUT2D eigenvalue weighted by molar-refractivity contribution is -0.139. The Balaban J connectivity index is 1.26. The van der Waals surface area contributed by atoms with Gasteiger partial charge >= 0.3 is 5.97 Å². The SMILES string of the molecule is O=C(O)CCOCCOCCOCCOCCNc1cccc2c1C(=O)N(C1CCC(=O)NC1=O)C2. The van der Waals surface area contributed by atoms with Gasteiger partial charge in [0, 0.05) is 25.2 Å². The van der Waals surface area contributed by atoms with Crippen molar-refractivity contribution in [2.75, 3.05) is 64.7 Å². The molecule has 2 aliphatic heterocycles. The summed E-state index contributed by atoms with van der Waals surface area (Å²) in [5, 5.41) is 14.0. The topological polar surface area (TPSA) is 153 Å². The van der Waals surface area contributed by atoms with Crippen molar-refractivity contribution in [3.63, 3.8) is 0 Å². The molecule has 3 rings (SSSR count). The minimum absolute atomic E-state index is 0.0204. The lowest BCUT2D eigenvalue weighted by Gasteiger charge is -2.29. The zero-order valence-electron chi connectivity index (χ0n) is 20.2. The Hall–Kier alpha value is -3.06. The first-order chi connectivity index (χ1) is 17.5. The number of carboxylic acid groups (broad SMARTS) is 1. The molecule has 3 amide bonds. The summed E-state index contributed by atoms with van der Waals surface area (Å²) in [6, 6.07) is 4.92. The Morgan fingerprint density at radius 1 is 0.972 bits per heavy atom. The van der Waals surface area contributed by atoms with E-state index in [1.54, 1.807) is 0 Å². The Kier molecular flexibility index (Phi) is 11.1. The van der Waals surface area contributed by atoms with Crippen LogP contribution in [0.15, 0.2) is 18.2 Å². The van der Waals surface area contributed by atoms with Crippen molar-refractivity contribution in [3.8, 4) is 0 Å². The van der Waals surface area contributed by atoms with Crippen LogP contribution in [0.25, 0.3) is 0 Å². The van der Waals surface area contributed by atoms with Gasteiger partial charge in [-0.25, -0.2) is 0 Å². The number of fused-ring (bicyclic) bond motifs is 1. The highest BCUT2D eigenvalue weighted by molar-refractivity contribution is 6.07. The summed E-state index contributed by atoms with van der Waals surface area (Å²) in [6.45, 7) is 3.79. The van der Waals surface area contributed by atoms with E-state index in [0.717, 1.165) is 5.56 Å². The monoisotopic (exact) mass is 507 g/mol. The van der Waals surface area contributed by atoms with E-state index >= 15 is 0 Å². The standard InChI is InChI=1S/C24H33N3O9/c28-20-5-4-19(23(31)26-20)27-16-17-2-1-3-18(22(17)24(27)32)25-7-9-34-11-13-36-15-14-35-12-10-33-8-6-21(29)30/h1-3,19,25H,4-16H2,(H,29,30)(H,26,28,31). The van der Waals surface area contributed by atoms with Crippen LogP contribution in [0, 0.1) is 0 Å². The maximum atomic E-state index is 13.1. The quantitative estimate of drug-likeness (QED) is 0.199. The Morgan fingerprint density at radius 3 is 2.25 bits per heavy atom. The molecule has 12 nitrogen and oxygen atoms in total. The molecule has 198 valence electrons. The van der Waals surface area contributed by atoms with Crippen molar-refractivity contribution in [1.82, 2.24) is 10.2 Å². The number of piperidine rings is 1. The van der Waals surface area contributed by atoms with Crippen LogP contribution >= 0.6 is 0 Å². The van der Waals surface area contributed by atoms with Crippen LogP contribution in [-0.4, -0.2) is 99.1 Å². The fraction of sp³-hybridized carbons (Fsp3) is 0.583. The molecule has 2 aliphatic rings. The van der Waals surface area contributed by atoms with Crippen LogP contribution in [0.1, 0.15) is 35.2 Å². The molecule has 0 aromatic heterocycles. The number of nitrogens with one attached hydrogen (secondary N) is 2. The van der Waals surface area contributed by atoms with E-state index < -0.39 is 17.9 Å². The van der Waals surface area contributed by atoms with E-state index in [1.165, 1.54) is 4.90 Å². The summed E-state index contributed by atoms with van der Waals surface area (Å²) in [6.07, 6.45) is 0.534. The zero-order chi connectivity index (χ0) is 25.8. The third-order valence-electron chi connectivity index (χ3n) is 5.69. The van der Waals surface area contributed by atoms with E-state index in [4.69, 9.17) is 24.1 Å². The molecule has 1 aromatic carbocycles. The molecule has 0 spiro atoms. The Labute approximate surface area is 209 Å². The summed E-state index contributed by atoms with van der Waals surface area (Å²) in [7, 11) is 0. The van der Waals surface area contributed by atoms with Gasteiger partial charge in [0.05, 0.1) is 64.8 Å². The van der Waals surface area contributed by atoms with Crippen molar-refractivity contribution in [2.45, 2.75) is 31.8 Å². The van der Waals surface area contributed by atoms with E-state index in [0.29, 0.717) is 77.0 Å². The average Bonchev–Trinajstić information content (AvgIpc) is 3.18. The molecule has 3 N–H and O–H groups in total. The number of carbonyl (C=O) groups excluding carboxylic acids is 3. The van der Waals surface area contributed by atoms with Gasteiger partial charge in [0.1, 0.15) is 6.04 Å². The summed E-state index contributed by atoms with van der Waals surface area (Å²) >= 11 is 0. The number of carboxylic acids is 1. The number of amides is 3. The molecule has 0 saturated carbocycles. The van der Waals surface area contributed by atoms with Crippen LogP contribution in [-0.2, 0) is 39.9 Å². The molecule has 12 heteroatoms. The van der Waals surface area contributed by atoms with Gasteiger partial charge in [-0.05, 0) is 18.1 Å². The molecule has 1 atom stereocenters. The van der Waals surface area contributed by atoms with Crippen molar-refractivity contribution >= 4 is 29.4 Å². The lowest BCUT2D eigenvalue weighted by atomic mass is 10.0. The molecule has 1 fully saturated rings. The van der Waals surface area contributed by atoms with E-state index in [9.17, 15) is 19.2 Å². The van der Waals surface area contributed by atoms with Crippen molar-refractivity contribution in [2.24, 2.45) is 0 Å². The van der Waals surface area contributed by atoms with Crippen molar-refractivity contribution in [3.05, 3.63) is 29.3 Å². The number of hydrogen-bond acceptors (Lipinski definition) is 9. The van der Waals surface area contributed by atoms with Gasteiger partial charge in [0.2, 0.25) is 11.8 Å². The van der Waals surface area contributed by atoms with Gasteiger partial charge in [-0.3, -0.25) is 24.5 Å². The maximum Gasteiger partial charge on any atom is 0.305 e. The molecule has 36 heavy (non-hydrogen) atoms.